The van der Waals surface area contributed by atoms with Gasteiger partial charge in [-0.15, -0.1) is 0 Å². The van der Waals surface area contributed by atoms with Crippen molar-refractivity contribution >= 4 is 45.2 Å². The van der Waals surface area contributed by atoms with Crippen molar-refractivity contribution in [2.24, 2.45) is 5.92 Å². The van der Waals surface area contributed by atoms with Crippen molar-refractivity contribution in [3.8, 4) is 5.75 Å². The molecule has 0 spiro atoms. The first-order valence-electron chi connectivity index (χ1n) is 9.18. The number of nitrogens with one attached hydrogen (secondary N) is 2. The molecule has 2 rings (SSSR count). The van der Waals surface area contributed by atoms with Crippen molar-refractivity contribution in [1.29, 1.82) is 0 Å². The van der Waals surface area contributed by atoms with Crippen molar-refractivity contribution in [2.75, 3.05) is 6.61 Å². The largest absolute Gasteiger partial charge is 0.463 e. The summed E-state index contributed by atoms with van der Waals surface area (Å²) in [6, 6.07) is 4.85. The molecule has 28 heavy (non-hydrogen) atoms. The van der Waals surface area contributed by atoms with Gasteiger partial charge in [0.15, 0.2) is 5.11 Å². The molecular formula is C20H25BrN2O4S. The molecule has 0 aliphatic carbocycles. The molecular weight excluding hydrogens is 444 g/mol. The summed E-state index contributed by atoms with van der Waals surface area (Å²) < 4.78 is 11.3. The van der Waals surface area contributed by atoms with E-state index >= 15 is 0 Å². The van der Waals surface area contributed by atoms with Gasteiger partial charge in [0.25, 0.3) is 0 Å². The smallest absolute Gasteiger partial charge is 0.338 e. The first-order chi connectivity index (χ1) is 13.2. The molecule has 0 radical (unpaired) electrons. The van der Waals surface area contributed by atoms with E-state index in [0.29, 0.717) is 38.9 Å². The lowest BCUT2D eigenvalue weighted by molar-refractivity contribution is -0.139. The molecule has 152 valence electrons. The fourth-order valence-electron chi connectivity index (χ4n) is 2.78. The zero-order valence-corrected chi connectivity index (χ0v) is 18.8. The number of hydrogen-bond donors (Lipinski definition) is 2. The van der Waals surface area contributed by atoms with Gasteiger partial charge in [-0.1, -0.05) is 19.9 Å². The number of ether oxygens (including phenoxy) is 2. The zero-order chi connectivity index (χ0) is 20.8. The second-order valence-corrected chi connectivity index (χ2v) is 8.15. The Bertz CT molecular complexity index is 807. The van der Waals surface area contributed by atoms with E-state index in [9.17, 15) is 9.59 Å². The lowest BCUT2D eigenvalue weighted by atomic mass is 9.95. The minimum Gasteiger partial charge on any atom is -0.463 e. The minimum atomic E-state index is -0.463. The molecule has 2 N–H and O–H groups in total. The predicted molar refractivity (Wildman–Crippen MR) is 115 cm³/mol. The summed E-state index contributed by atoms with van der Waals surface area (Å²) in [5.74, 6) is 0.191. The molecule has 1 aliphatic heterocycles. The number of rotatable bonds is 7. The highest BCUT2D eigenvalue weighted by atomic mass is 79.9. The molecule has 1 atom stereocenters. The highest BCUT2D eigenvalue weighted by Crippen LogP contribution is 2.33. The van der Waals surface area contributed by atoms with Crippen molar-refractivity contribution in [1.82, 2.24) is 10.6 Å². The van der Waals surface area contributed by atoms with Crippen molar-refractivity contribution in [3.63, 3.8) is 0 Å². The maximum atomic E-state index is 12.4. The fraction of sp³-hybridized carbons (Fsp3) is 0.450. The summed E-state index contributed by atoms with van der Waals surface area (Å²) in [6.07, 6.45) is 1.14. The van der Waals surface area contributed by atoms with Gasteiger partial charge in [0.1, 0.15) is 5.75 Å². The van der Waals surface area contributed by atoms with Crippen LogP contribution in [-0.4, -0.2) is 23.7 Å². The van der Waals surface area contributed by atoms with Crippen molar-refractivity contribution < 1.29 is 19.1 Å². The molecule has 0 fully saturated rings. The van der Waals surface area contributed by atoms with E-state index < -0.39 is 12.0 Å². The molecule has 1 heterocycles. The Morgan fingerprint density at radius 2 is 2.04 bits per heavy atom. The first kappa shape index (κ1) is 22.4. The Labute approximate surface area is 179 Å². The number of hydrogen-bond acceptors (Lipinski definition) is 5. The predicted octanol–water partition coefficient (Wildman–Crippen LogP) is 4.15. The van der Waals surface area contributed by atoms with E-state index in [-0.39, 0.29) is 12.6 Å². The van der Waals surface area contributed by atoms with E-state index in [1.54, 1.807) is 26.0 Å². The summed E-state index contributed by atoms with van der Waals surface area (Å²) in [5, 5.41) is 6.49. The van der Waals surface area contributed by atoms with Crippen molar-refractivity contribution in [3.05, 3.63) is 39.5 Å². The number of allylic oxidation sites excluding steroid dienone is 1. The first-order valence-corrected chi connectivity index (χ1v) is 10.4. The Morgan fingerprint density at radius 1 is 1.32 bits per heavy atom. The van der Waals surface area contributed by atoms with Crippen LogP contribution in [0.3, 0.4) is 0 Å². The third-order valence-corrected chi connectivity index (χ3v) is 5.04. The van der Waals surface area contributed by atoms with Crippen LogP contribution in [0.1, 0.15) is 52.1 Å². The van der Waals surface area contributed by atoms with Gasteiger partial charge in [-0.05, 0) is 72.0 Å². The van der Waals surface area contributed by atoms with Crippen LogP contribution < -0.4 is 15.4 Å². The lowest BCUT2D eigenvalue weighted by Gasteiger charge is -2.30. The summed E-state index contributed by atoms with van der Waals surface area (Å²) in [4.78, 5) is 24.4. The highest BCUT2D eigenvalue weighted by molar-refractivity contribution is 9.10. The van der Waals surface area contributed by atoms with Crippen LogP contribution in [0.5, 0.6) is 5.75 Å². The number of halogens is 1. The maximum Gasteiger partial charge on any atom is 0.338 e. The van der Waals surface area contributed by atoms with Crippen LogP contribution >= 0.6 is 28.1 Å². The van der Waals surface area contributed by atoms with E-state index in [2.05, 4.69) is 40.4 Å². The highest BCUT2D eigenvalue weighted by Gasteiger charge is 2.31. The Morgan fingerprint density at radius 3 is 2.64 bits per heavy atom. The molecule has 0 bridgehead atoms. The van der Waals surface area contributed by atoms with Gasteiger partial charge < -0.3 is 20.1 Å². The molecule has 0 amide bonds. The van der Waals surface area contributed by atoms with Crippen LogP contribution in [0, 0.1) is 5.92 Å². The number of esters is 2. The molecule has 0 saturated carbocycles. The number of carbonyl (C=O) groups excluding carboxylic acids is 2. The zero-order valence-electron chi connectivity index (χ0n) is 16.4. The summed E-state index contributed by atoms with van der Waals surface area (Å²) >= 11 is 8.69. The number of carbonyl (C=O) groups is 2. The van der Waals surface area contributed by atoms with Gasteiger partial charge in [-0.3, -0.25) is 4.79 Å². The van der Waals surface area contributed by atoms with Crippen LogP contribution in [0.25, 0.3) is 0 Å². The molecule has 1 unspecified atom stereocenters. The van der Waals surface area contributed by atoms with Crippen molar-refractivity contribution in [2.45, 2.75) is 46.6 Å². The minimum absolute atomic E-state index is 0.272. The molecule has 0 saturated heterocycles. The number of thiocarbonyl (C=S) groups is 1. The van der Waals surface area contributed by atoms with E-state index in [4.69, 9.17) is 21.7 Å². The van der Waals surface area contributed by atoms with E-state index in [1.807, 2.05) is 6.07 Å². The van der Waals surface area contributed by atoms with Gasteiger partial charge in [0, 0.05) is 12.1 Å². The van der Waals surface area contributed by atoms with Gasteiger partial charge in [-0.25, -0.2) is 4.79 Å². The SMILES string of the molecule is CCOC(=O)C1=C(C)NC(=S)NC1c1ccc(OC(=O)CCC(C)C)c(Br)c1. The van der Waals surface area contributed by atoms with Crippen LogP contribution in [0.2, 0.25) is 0 Å². The summed E-state index contributed by atoms with van der Waals surface area (Å²) in [7, 11) is 0. The lowest BCUT2D eigenvalue weighted by Crippen LogP contribution is -2.45. The maximum absolute atomic E-state index is 12.4. The Balaban J connectivity index is 2.25. The topological polar surface area (TPSA) is 76.7 Å². The average Bonchev–Trinajstić information content (AvgIpc) is 2.61. The third-order valence-electron chi connectivity index (χ3n) is 4.20. The Kier molecular flexibility index (Phi) is 8.00. The summed E-state index contributed by atoms with van der Waals surface area (Å²) in [6.45, 7) is 7.94. The fourth-order valence-corrected chi connectivity index (χ4v) is 3.53. The van der Waals surface area contributed by atoms with Crippen LogP contribution in [0.15, 0.2) is 33.9 Å². The Hall–Kier alpha value is -1.93. The number of benzene rings is 1. The van der Waals surface area contributed by atoms with Gasteiger partial charge >= 0.3 is 11.9 Å². The molecule has 6 nitrogen and oxygen atoms in total. The molecule has 8 heteroatoms. The van der Waals surface area contributed by atoms with Crippen LogP contribution in [-0.2, 0) is 14.3 Å². The third kappa shape index (κ3) is 5.78. The molecule has 1 aromatic rings. The van der Waals surface area contributed by atoms with Gasteiger partial charge in [-0.2, -0.15) is 0 Å². The summed E-state index contributed by atoms with van der Waals surface area (Å²) in [5.41, 5.74) is 1.90. The normalized spacial score (nSPS) is 16.5. The standard InChI is InChI=1S/C20H25BrN2O4S/c1-5-26-19(25)17-12(4)22-20(28)23-18(17)13-7-8-15(14(21)10-13)27-16(24)9-6-11(2)3/h7-8,10-11,18H,5-6,9H2,1-4H3,(H2,22,23,28). The van der Waals surface area contributed by atoms with Gasteiger partial charge in [0.2, 0.25) is 0 Å². The average molecular weight is 469 g/mol. The van der Waals surface area contributed by atoms with Crippen LogP contribution in [0.4, 0.5) is 0 Å². The molecule has 0 aromatic heterocycles. The molecule has 1 aliphatic rings. The van der Waals surface area contributed by atoms with E-state index in [1.165, 1.54) is 0 Å². The second kappa shape index (κ2) is 10.0. The monoisotopic (exact) mass is 468 g/mol. The quantitative estimate of drug-likeness (QED) is 0.353. The van der Waals surface area contributed by atoms with E-state index in [0.717, 1.165) is 12.0 Å². The second-order valence-electron chi connectivity index (χ2n) is 6.89. The molecule has 1 aromatic carbocycles. The van der Waals surface area contributed by atoms with Gasteiger partial charge in [0.05, 0.1) is 22.7 Å².